The van der Waals surface area contributed by atoms with Crippen LogP contribution in [0.25, 0.3) is 0 Å². The SMILES string of the molecule is O=C(Cc1ccc(F)cc1Br)C1CC1. The number of carbonyl (C=O) groups is 1. The van der Waals surface area contributed by atoms with Crippen molar-refractivity contribution in [2.75, 3.05) is 0 Å². The molecule has 1 aliphatic carbocycles. The Morgan fingerprint density at radius 1 is 1.50 bits per heavy atom. The van der Waals surface area contributed by atoms with Crippen LogP contribution in [-0.4, -0.2) is 5.78 Å². The molecule has 0 aromatic heterocycles. The molecular formula is C11H10BrFO. The van der Waals surface area contributed by atoms with Crippen LogP contribution in [0.15, 0.2) is 22.7 Å². The molecule has 1 aromatic carbocycles. The monoisotopic (exact) mass is 256 g/mol. The van der Waals surface area contributed by atoms with Crippen LogP contribution in [0.1, 0.15) is 18.4 Å². The molecule has 0 heterocycles. The standard InChI is InChI=1S/C11H10BrFO/c12-10-6-9(13)4-3-8(10)5-11(14)7-1-2-7/h3-4,6-7H,1-2,5H2. The van der Waals surface area contributed by atoms with Crippen LogP contribution < -0.4 is 0 Å². The van der Waals surface area contributed by atoms with Gasteiger partial charge in [-0.2, -0.15) is 0 Å². The van der Waals surface area contributed by atoms with Crippen LogP contribution in [-0.2, 0) is 11.2 Å². The molecule has 0 bridgehead atoms. The summed E-state index contributed by atoms with van der Waals surface area (Å²) in [6, 6.07) is 4.45. The highest BCUT2D eigenvalue weighted by Crippen LogP contribution is 2.31. The lowest BCUT2D eigenvalue weighted by Gasteiger charge is -2.02. The van der Waals surface area contributed by atoms with E-state index in [-0.39, 0.29) is 17.5 Å². The Labute approximate surface area is 90.4 Å². The maximum absolute atomic E-state index is 12.7. The van der Waals surface area contributed by atoms with Gasteiger partial charge in [0.1, 0.15) is 11.6 Å². The lowest BCUT2D eigenvalue weighted by molar-refractivity contribution is -0.119. The first-order chi connectivity index (χ1) is 6.66. The molecular weight excluding hydrogens is 247 g/mol. The lowest BCUT2D eigenvalue weighted by atomic mass is 10.1. The van der Waals surface area contributed by atoms with Gasteiger partial charge in [0.15, 0.2) is 0 Å². The van der Waals surface area contributed by atoms with E-state index in [1.807, 2.05) is 0 Å². The van der Waals surface area contributed by atoms with E-state index in [1.165, 1.54) is 12.1 Å². The van der Waals surface area contributed by atoms with Gasteiger partial charge in [0.2, 0.25) is 0 Å². The van der Waals surface area contributed by atoms with Crippen molar-refractivity contribution in [2.45, 2.75) is 19.3 Å². The topological polar surface area (TPSA) is 17.1 Å². The van der Waals surface area contributed by atoms with Gasteiger partial charge in [0, 0.05) is 16.8 Å². The first-order valence-electron chi connectivity index (χ1n) is 4.63. The summed E-state index contributed by atoms with van der Waals surface area (Å²) in [7, 11) is 0. The van der Waals surface area contributed by atoms with E-state index >= 15 is 0 Å². The largest absolute Gasteiger partial charge is 0.299 e. The third-order valence-electron chi connectivity index (χ3n) is 2.41. The van der Waals surface area contributed by atoms with Gasteiger partial charge in [-0.3, -0.25) is 4.79 Å². The molecule has 0 saturated heterocycles. The van der Waals surface area contributed by atoms with Crippen molar-refractivity contribution >= 4 is 21.7 Å². The summed E-state index contributed by atoms with van der Waals surface area (Å²) in [4.78, 5) is 11.5. The second-order valence-electron chi connectivity index (χ2n) is 3.65. The van der Waals surface area contributed by atoms with Crippen LogP contribution in [0.3, 0.4) is 0 Å². The van der Waals surface area contributed by atoms with E-state index in [1.54, 1.807) is 6.07 Å². The van der Waals surface area contributed by atoms with E-state index in [0.717, 1.165) is 18.4 Å². The number of hydrogen-bond donors (Lipinski definition) is 0. The third-order valence-corrected chi connectivity index (χ3v) is 3.15. The molecule has 1 saturated carbocycles. The zero-order valence-corrected chi connectivity index (χ0v) is 9.18. The Hall–Kier alpha value is -0.700. The summed E-state index contributed by atoms with van der Waals surface area (Å²) < 4.78 is 13.4. The highest BCUT2D eigenvalue weighted by atomic mass is 79.9. The second-order valence-corrected chi connectivity index (χ2v) is 4.51. The fourth-order valence-electron chi connectivity index (χ4n) is 1.40. The summed E-state index contributed by atoms with van der Waals surface area (Å²) >= 11 is 3.25. The summed E-state index contributed by atoms with van der Waals surface area (Å²) in [5.74, 6) is 0.267. The first kappa shape index (κ1) is 9.84. The maximum atomic E-state index is 12.7. The van der Waals surface area contributed by atoms with Gasteiger partial charge in [-0.05, 0) is 30.5 Å². The van der Waals surface area contributed by atoms with Crippen LogP contribution in [0.5, 0.6) is 0 Å². The Kier molecular flexibility index (Phi) is 2.68. The number of Topliss-reactive ketones (excluding diaryl/α,β-unsaturated/α-hetero) is 1. The molecule has 0 aliphatic heterocycles. The van der Waals surface area contributed by atoms with Crippen LogP contribution in [0.2, 0.25) is 0 Å². The molecule has 0 N–H and O–H groups in total. The van der Waals surface area contributed by atoms with Crippen molar-refractivity contribution in [3.05, 3.63) is 34.1 Å². The molecule has 1 aliphatic rings. The average molecular weight is 257 g/mol. The van der Waals surface area contributed by atoms with Crippen LogP contribution >= 0.6 is 15.9 Å². The number of hydrogen-bond acceptors (Lipinski definition) is 1. The predicted molar refractivity (Wildman–Crippen MR) is 55.5 cm³/mol. The van der Waals surface area contributed by atoms with Gasteiger partial charge in [-0.1, -0.05) is 22.0 Å². The molecule has 74 valence electrons. The molecule has 3 heteroatoms. The molecule has 0 unspecified atom stereocenters. The van der Waals surface area contributed by atoms with E-state index in [9.17, 15) is 9.18 Å². The maximum Gasteiger partial charge on any atom is 0.140 e. The first-order valence-corrected chi connectivity index (χ1v) is 5.43. The smallest absolute Gasteiger partial charge is 0.140 e. The van der Waals surface area contributed by atoms with E-state index in [2.05, 4.69) is 15.9 Å². The summed E-state index contributed by atoms with van der Waals surface area (Å²) in [6.45, 7) is 0. The minimum absolute atomic E-state index is 0.270. The molecule has 1 aromatic rings. The molecule has 0 amide bonds. The zero-order chi connectivity index (χ0) is 10.1. The van der Waals surface area contributed by atoms with Gasteiger partial charge in [0.05, 0.1) is 0 Å². The molecule has 14 heavy (non-hydrogen) atoms. The highest BCUT2D eigenvalue weighted by molar-refractivity contribution is 9.10. The molecule has 0 radical (unpaired) electrons. The van der Waals surface area contributed by atoms with Gasteiger partial charge in [0.25, 0.3) is 0 Å². The van der Waals surface area contributed by atoms with Crippen molar-refractivity contribution in [1.82, 2.24) is 0 Å². The van der Waals surface area contributed by atoms with E-state index < -0.39 is 0 Å². The summed E-state index contributed by atoms with van der Waals surface area (Å²) in [5.41, 5.74) is 0.878. The molecule has 0 atom stereocenters. The van der Waals surface area contributed by atoms with Crippen molar-refractivity contribution in [1.29, 1.82) is 0 Å². The Balaban J connectivity index is 2.11. The average Bonchev–Trinajstić information content (AvgIpc) is 2.92. The van der Waals surface area contributed by atoms with Crippen LogP contribution in [0.4, 0.5) is 4.39 Å². The van der Waals surface area contributed by atoms with Crippen LogP contribution in [0, 0.1) is 11.7 Å². The lowest BCUT2D eigenvalue weighted by Crippen LogP contribution is -2.05. The number of ketones is 1. The third kappa shape index (κ3) is 2.21. The summed E-state index contributed by atoms with van der Waals surface area (Å²) in [5, 5.41) is 0. The van der Waals surface area contributed by atoms with Crippen molar-refractivity contribution < 1.29 is 9.18 Å². The molecule has 0 spiro atoms. The molecule has 1 nitrogen and oxygen atoms in total. The van der Waals surface area contributed by atoms with Gasteiger partial charge in [-0.15, -0.1) is 0 Å². The van der Waals surface area contributed by atoms with Crippen molar-refractivity contribution in [2.24, 2.45) is 5.92 Å². The van der Waals surface area contributed by atoms with Gasteiger partial charge < -0.3 is 0 Å². The predicted octanol–water partition coefficient (Wildman–Crippen LogP) is 3.11. The number of benzene rings is 1. The van der Waals surface area contributed by atoms with Crippen molar-refractivity contribution in [3.63, 3.8) is 0 Å². The van der Waals surface area contributed by atoms with Gasteiger partial charge >= 0.3 is 0 Å². The molecule has 1 fully saturated rings. The van der Waals surface area contributed by atoms with E-state index in [0.29, 0.717) is 10.9 Å². The number of carbonyl (C=O) groups excluding carboxylic acids is 1. The van der Waals surface area contributed by atoms with E-state index in [4.69, 9.17) is 0 Å². The molecule has 2 rings (SSSR count). The van der Waals surface area contributed by atoms with Crippen molar-refractivity contribution in [3.8, 4) is 0 Å². The Morgan fingerprint density at radius 2 is 2.21 bits per heavy atom. The quantitative estimate of drug-likeness (QED) is 0.813. The number of rotatable bonds is 3. The minimum Gasteiger partial charge on any atom is -0.299 e. The fraction of sp³-hybridized carbons (Fsp3) is 0.364. The number of halogens is 2. The Morgan fingerprint density at radius 3 is 2.79 bits per heavy atom. The Bertz CT molecular complexity index is 372. The zero-order valence-electron chi connectivity index (χ0n) is 7.59. The summed E-state index contributed by atoms with van der Waals surface area (Å²) in [6.07, 6.45) is 2.47. The normalized spacial score (nSPS) is 15.6. The minimum atomic E-state index is -0.278. The fourth-order valence-corrected chi connectivity index (χ4v) is 1.89. The van der Waals surface area contributed by atoms with Gasteiger partial charge in [-0.25, -0.2) is 4.39 Å². The second kappa shape index (κ2) is 3.81. The highest BCUT2D eigenvalue weighted by Gasteiger charge is 2.29.